The summed E-state index contributed by atoms with van der Waals surface area (Å²) < 4.78 is 22.5. The van der Waals surface area contributed by atoms with Crippen LogP contribution < -0.4 is 10.6 Å². The summed E-state index contributed by atoms with van der Waals surface area (Å²) in [6.07, 6.45) is 5.72. The summed E-state index contributed by atoms with van der Waals surface area (Å²) in [5, 5.41) is 5.27. The van der Waals surface area contributed by atoms with Crippen LogP contribution in [0, 0.1) is 12.3 Å². The lowest BCUT2D eigenvalue weighted by Gasteiger charge is -2.12. The Morgan fingerprint density at radius 1 is 1.42 bits per heavy atom. The van der Waals surface area contributed by atoms with Crippen molar-refractivity contribution in [1.82, 2.24) is 5.32 Å². The van der Waals surface area contributed by atoms with Crippen LogP contribution in [-0.4, -0.2) is 32.0 Å². The second kappa shape index (κ2) is 5.33. The SMILES string of the molecule is C#Cc1cccc(NC(=O)NC2CCS(=O)(=O)C2)c1. The van der Waals surface area contributed by atoms with E-state index in [2.05, 4.69) is 16.6 Å². The molecule has 0 aromatic heterocycles. The molecule has 1 saturated heterocycles. The third-order valence-electron chi connectivity index (χ3n) is 2.85. The van der Waals surface area contributed by atoms with Crippen molar-refractivity contribution in [2.24, 2.45) is 0 Å². The second-order valence-corrected chi connectivity index (χ2v) is 6.65. The minimum absolute atomic E-state index is 0.00478. The van der Waals surface area contributed by atoms with Crippen LogP contribution in [0.15, 0.2) is 24.3 Å². The maximum atomic E-state index is 11.7. The molecule has 2 N–H and O–H groups in total. The van der Waals surface area contributed by atoms with Crippen LogP contribution in [0.1, 0.15) is 12.0 Å². The molecule has 1 aromatic carbocycles. The highest BCUT2D eigenvalue weighted by atomic mass is 32.2. The van der Waals surface area contributed by atoms with E-state index in [1.807, 2.05) is 0 Å². The molecular weight excluding hydrogens is 264 g/mol. The summed E-state index contributed by atoms with van der Waals surface area (Å²) in [7, 11) is -2.99. The zero-order valence-electron chi connectivity index (χ0n) is 10.2. The standard InChI is InChI=1S/C13H14N2O3S/c1-2-10-4-3-5-11(8-10)14-13(16)15-12-6-7-19(17,18)9-12/h1,3-5,8,12H,6-7,9H2,(H2,14,15,16). The van der Waals surface area contributed by atoms with Crippen LogP contribution in [0.5, 0.6) is 0 Å². The highest BCUT2D eigenvalue weighted by Crippen LogP contribution is 2.12. The molecule has 0 bridgehead atoms. The van der Waals surface area contributed by atoms with Gasteiger partial charge >= 0.3 is 6.03 Å². The van der Waals surface area contributed by atoms with Crippen molar-refractivity contribution in [3.05, 3.63) is 29.8 Å². The molecule has 6 heteroatoms. The predicted octanol–water partition coefficient (Wildman–Crippen LogP) is 0.977. The topological polar surface area (TPSA) is 75.3 Å². The number of terminal acetylenes is 1. The van der Waals surface area contributed by atoms with Crippen LogP contribution in [0.2, 0.25) is 0 Å². The Morgan fingerprint density at radius 2 is 2.21 bits per heavy atom. The Balaban J connectivity index is 1.93. The average Bonchev–Trinajstić information content (AvgIpc) is 2.68. The van der Waals surface area contributed by atoms with Crippen molar-refractivity contribution < 1.29 is 13.2 Å². The Bertz CT molecular complexity index is 632. The molecule has 1 atom stereocenters. The van der Waals surface area contributed by atoms with E-state index in [9.17, 15) is 13.2 Å². The summed E-state index contributed by atoms with van der Waals surface area (Å²) >= 11 is 0. The fraction of sp³-hybridized carbons (Fsp3) is 0.308. The summed E-state index contributed by atoms with van der Waals surface area (Å²) in [6, 6.07) is 6.14. The molecule has 1 aliphatic rings. The number of rotatable bonds is 2. The van der Waals surface area contributed by atoms with Crippen molar-refractivity contribution in [3.8, 4) is 12.3 Å². The molecule has 1 fully saturated rings. The summed E-state index contributed by atoms with van der Waals surface area (Å²) in [4.78, 5) is 11.7. The van der Waals surface area contributed by atoms with Crippen molar-refractivity contribution >= 4 is 21.6 Å². The van der Waals surface area contributed by atoms with E-state index in [0.29, 0.717) is 17.7 Å². The van der Waals surface area contributed by atoms with Crippen molar-refractivity contribution in [2.75, 3.05) is 16.8 Å². The second-order valence-electron chi connectivity index (χ2n) is 4.42. The number of benzene rings is 1. The normalized spacial score (nSPS) is 20.5. The van der Waals surface area contributed by atoms with E-state index in [0.717, 1.165) is 0 Å². The van der Waals surface area contributed by atoms with Crippen molar-refractivity contribution in [2.45, 2.75) is 12.5 Å². The van der Waals surface area contributed by atoms with E-state index in [1.54, 1.807) is 24.3 Å². The maximum absolute atomic E-state index is 11.7. The molecule has 0 saturated carbocycles. The van der Waals surface area contributed by atoms with Crippen LogP contribution in [0.4, 0.5) is 10.5 Å². The zero-order chi connectivity index (χ0) is 13.9. The molecule has 2 rings (SSSR count). The maximum Gasteiger partial charge on any atom is 0.319 e. The highest BCUT2D eigenvalue weighted by Gasteiger charge is 2.28. The zero-order valence-corrected chi connectivity index (χ0v) is 11.0. The van der Waals surface area contributed by atoms with Gasteiger partial charge in [0.1, 0.15) is 0 Å². The molecule has 1 aliphatic heterocycles. The Kier molecular flexibility index (Phi) is 3.76. The Morgan fingerprint density at radius 3 is 2.84 bits per heavy atom. The van der Waals surface area contributed by atoms with Gasteiger partial charge in [-0.3, -0.25) is 0 Å². The predicted molar refractivity (Wildman–Crippen MR) is 73.6 cm³/mol. The van der Waals surface area contributed by atoms with E-state index >= 15 is 0 Å². The first-order chi connectivity index (χ1) is 8.98. The molecule has 1 unspecified atom stereocenters. The smallest absolute Gasteiger partial charge is 0.319 e. The number of nitrogens with one attached hydrogen (secondary N) is 2. The quantitative estimate of drug-likeness (QED) is 0.792. The molecule has 19 heavy (non-hydrogen) atoms. The number of carbonyl (C=O) groups is 1. The van der Waals surface area contributed by atoms with Gasteiger partial charge in [0.15, 0.2) is 9.84 Å². The molecule has 0 spiro atoms. The third kappa shape index (κ3) is 3.73. The van der Waals surface area contributed by atoms with Gasteiger partial charge < -0.3 is 10.6 Å². The lowest BCUT2D eigenvalue weighted by atomic mass is 10.2. The average molecular weight is 278 g/mol. The van der Waals surface area contributed by atoms with Crippen LogP contribution >= 0.6 is 0 Å². The fourth-order valence-corrected chi connectivity index (χ4v) is 3.62. The summed E-state index contributed by atoms with van der Waals surface area (Å²) in [5.74, 6) is 2.61. The first kappa shape index (κ1) is 13.4. The van der Waals surface area contributed by atoms with Gasteiger partial charge in [-0.25, -0.2) is 13.2 Å². The van der Waals surface area contributed by atoms with Gasteiger partial charge in [-0.2, -0.15) is 0 Å². The number of urea groups is 1. The number of carbonyl (C=O) groups excluding carboxylic acids is 1. The fourth-order valence-electron chi connectivity index (χ4n) is 1.95. The van der Waals surface area contributed by atoms with E-state index < -0.39 is 15.9 Å². The number of anilines is 1. The Labute approximate surface area is 112 Å². The summed E-state index contributed by atoms with van der Waals surface area (Å²) in [6.45, 7) is 0. The van der Waals surface area contributed by atoms with E-state index in [1.165, 1.54) is 0 Å². The highest BCUT2D eigenvalue weighted by molar-refractivity contribution is 7.91. The molecule has 5 nitrogen and oxygen atoms in total. The molecule has 0 aliphatic carbocycles. The Hall–Kier alpha value is -2.00. The molecule has 1 heterocycles. The van der Waals surface area contributed by atoms with Gasteiger partial charge in [0.05, 0.1) is 11.5 Å². The number of hydrogen-bond donors (Lipinski definition) is 2. The molecule has 0 radical (unpaired) electrons. The van der Waals surface area contributed by atoms with Crippen LogP contribution in [0.3, 0.4) is 0 Å². The largest absolute Gasteiger partial charge is 0.334 e. The molecule has 100 valence electrons. The van der Waals surface area contributed by atoms with Crippen LogP contribution in [0.25, 0.3) is 0 Å². The van der Waals surface area contributed by atoms with Gasteiger partial charge in [-0.15, -0.1) is 6.42 Å². The van der Waals surface area contributed by atoms with Gasteiger partial charge in [-0.05, 0) is 24.6 Å². The third-order valence-corrected chi connectivity index (χ3v) is 4.62. The van der Waals surface area contributed by atoms with Gasteiger partial charge in [0, 0.05) is 17.3 Å². The van der Waals surface area contributed by atoms with Gasteiger partial charge in [0.25, 0.3) is 0 Å². The minimum atomic E-state index is -2.99. The van der Waals surface area contributed by atoms with Gasteiger partial charge in [-0.1, -0.05) is 12.0 Å². The lowest BCUT2D eigenvalue weighted by Crippen LogP contribution is -2.38. The number of amides is 2. The first-order valence-corrected chi connectivity index (χ1v) is 7.65. The molecule has 2 amide bonds. The van der Waals surface area contributed by atoms with Crippen molar-refractivity contribution in [3.63, 3.8) is 0 Å². The summed E-state index contributed by atoms with van der Waals surface area (Å²) in [5.41, 5.74) is 1.25. The van der Waals surface area contributed by atoms with E-state index in [4.69, 9.17) is 6.42 Å². The minimum Gasteiger partial charge on any atom is -0.334 e. The monoisotopic (exact) mass is 278 g/mol. The van der Waals surface area contributed by atoms with Crippen molar-refractivity contribution in [1.29, 1.82) is 0 Å². The van der Waals surface area contributed by atoms with Crippen LogP contribution in [-0.2, 0) is 9.84 Å². The molecule has 1 aromatic rings. The van der Waals surface area contributed by atoms with Gasteiger partial charge in [0.2, 0.25) is 0 Å². The number of sulfone groups is 1. The number of hydrogen-bond acceptors (Lipinski definition) is 3. The van der Waals surface area contributed by atoms with E-state index in [-0.39, 0.29) is 17.5 Å². The first-order valence-electron chi connectivity index (χ1n) is 5.83. The molecular formula is C13H14N2O3S. The lowest BCUT2D eigenvalue weighted by molar-refractivity contribution is 0.249.